The molecule has 0 spiro atoms. The first-order valence-electron chi connectivity index (χ1n) is 6.83. The van der Waals surface area contributed by atoms with E-state index in [9.17, 15) is 4.79 Å². The topological polar surface area (TPSA) is 46.3 Å². The van der Waals surface area contributed by atoms with Gasteiger partial charge in [-0.2, -0.15) is 0 Å². The number of hydrogen-bond donors (Lipinski definition) is 1. The van der Waals surface area contributed by atoms with E-state index >= 15 is 0 Å². The van der Waals surface area contributed by atoms with E-state index in [1.165, 1.54) is 5.56 Å². The van der Waals surface area contributed by atoms with Crippen LogP contribution < -0.4 is 10.6 Å². The van der Waals surface area contributed by atoms with E-state index in [0.717, 1.165) is 37.9 Å². The van der Waals surface area contributed by atoms with Gasteiger partial charge in [-0.05, 0) is 43.9 Å². The Kier molecular flexibility index (Phi) is 4.37. The molecule has 0 bridgehead atoms. The standard InChI is InChI=1S/C15H22N2O/c1-12(9-10-16)15(18)17-11-5-4-7-13-6-2-3-8-14(13)17/h2-3,6,8,12H,4-5,7,9-11,16H2,1H3. The summed E-state index contributed by atoms with van der Waals surface area (Å²) in [5.74, 6) is 0.232. The summed E-state index contributed by atoms with van der Waals surface area (Å²) >= 11 is 0. The highest BCUT2D eigenvalue weighted by Crippen LogP contribution is 2.27. The molecule has 1 aromatic rings. The molecular formula is C15H22N2O. The van der Waals surface area contributed by atoms with Crippen LogP contribution in [0.5, 0.6) is 0 Å². The molecule has 1 amide bonds. The molecule has 3 nitrogen and oxygen atoms in total. The fourth-order valence-electron chi connectivity index (χ4n) is 2.56. The van der Waals surface area contributed by atoms with E-state index in [2.05, 4.69) is 18.2 Å². The summed E-state index contributed by atoms with van der Waals surface area (Å²) in [5.41, 5.74) is 7.95. The molecule has 1 heterocycles. The number of anilines is 1. The lowest BCUT2D eigenvalue weighted by Crippen LogP contribution is -2.36. The Morgan fingerprint density at radius 2 is 2.17 bits per heavy atom. The van der Waals surface area contributed by atoms with Gasteiger partial charge in [-0.1, -0.05) is 25.1 Å². The van der Waals surface area contributed by atoms with E-state index in [1.54, 1.807) is 0 Å². The summed E-state index contributed by atoms with van der Waals surface area (Å²) in [6.45, 7) is 3.38. The Labute approximate surface area is 109 Å². The summed E-state index contributed by atoms with van der Waals surface area (Å²) in [5, 5.41) is 0. The molecule has 0 saturated carbocycles. The fourth-order valence-corrected chi connectivity index (χ4v) is 2.56. The normalized spacial score (nSPS) is 16.9. The lowest BCUT2D eigenvalue weighted by Gasteiger charge is -2.26. The maximum atomic E-state index is 12.5. The molecule has 1 aliphatic heterocycles. The van der Waals surface area contributed by atoms with Crippen molar-refractivity contribution in [2.75, 3.05) is 18.0 Å². The molecule has 1 atom stereocenters. The second kappa shape index (κ2) is 6.01. The number of nitrogens with zero attached hydrogens (tertiary/aromatic N) is 1. The summed E-state index contributed by atoms with van der Waals surface area (Å²) < 4.78 is 0. The van der Waals surface area contributed by atoms with Crippen LogP contribution in [0.25, 0.3) is 0 Å². The van der Waals surface area contributed by atoms with Crippen molar-refractivity contribution in [3.63, 3.8) is 0 Å². The number of amides is 1. The highest BCUT2D eigenvalue weighted by Gasteiger charge is 2.24. The number of nitrogens with two attached hydrogens (primary N) is 1. The molecule has 0 radical (unpaired) electrons. The van der Waals surface area contributed by atoms with Gasteiger partial charge >= 0.3 is 0 Å². The summed E-state index contributed by atoms with van der Waals surface area (Å²) in [6, 6.07) is 8.26. The van der Waals surface area contributed by atoms with Crippen molar-refractivity contribution >= 4 is 11.6 Å². The number of fused-ring (bicyclic) bond motifs is 1. The molecule has 98 valence electrons. The summed E-state index contributed by atoms with van der Waals surface area (Å²) in [6.07, 6.45) is 4.07. The molecule has 0 saturated heterocycles. The lowest BCUT2D eigenvalue weighted by molar-refractivity contribution is -0.122. The Bertz CT molecular complexity index is 417. The molecule has 2 rings (SSSR count). The van der Waals surface area contributed by atoms with Crippen LogP contribution in [0, 0.1) is 5.92 Å². The Morgan fingerprint density at radius 3 is 2.94 bits per heavy atom. The Balaban J connectivity index is 2.24. The zero-order valence-corrected chi connectivity index (χ0v) is 11.1. The number of carbonyl (C=O) groups excluding carboxylic acids is 1. The predicted octanol–water partition coefficient (Wildman–Crippen LogP) is 2.34. The van der Waals surface area contributed by atoms with Gasteiger partial charge in [-0.3, -0.25) is 4.79 Å². The minimum atomic E-state index is 0.0150. The minimum absolute atomic E-state index is 0.0150. The van der Waals surface area contributed by atoms with E-state index in [0.29, 0.717) is 6.54 Å². The van der Waals surface area contributed by atoms with Gasteiger partial charge in [0.15, 0.2) is 0 Å². The van der Waals surface area contributed by atoms with Gasteiger partial charge in [-0.25, -0.2) is 0 Å². The van der Waals surface area contributed by atoms with Crippen LogP contribution in [0.15, 0.2) is 24.3 Å². The van der Waals surface area contributed by atoms with Gasteiger partial charge in [0.1, 0.15) is 0 Å². The van der Waals surface area contributed by atoms with Crippen LogP contribution in [-0.2, 0) is 11.2 Å². The Morgan fingerprint density at radius 1 is 1.39 bits per heavy atom. The first-order chi connectivity index (χ1) is 8.74. The first-order valence-corrected chi connectivity index (χ1v) is 6.83. The number of aryl methyl sites for hydroxylation is 1. The number of hydrogen-bond acceptors (Lipinski definition) is 2. The van der Waals surface area contributed by atoms with Crippen LogP contribution in [-0.4, -0.2) is 19.0 Å². The van der Waals surface area contributed by atoms with Crippen molar-refractivity contribution < 1.29 is 4.79 Å². The molecule has 0 aliphatic carbocycles. The fraction of sp³-hybridized carbons (Fsp3) is 0.533. The van der Waals surface area contributed by atoms with E-state index < -0.39 is 0 Å². The van der Waals surface area contributed by atoms with Crippen LogP contribution in [0.3, 0.4) is 0 Å². The lowest BCUT2D eigenvalue weighted by atomic mass is 10.0. The summed E-state index contributed by atoms with van der Waals surface area (Å²) in [7, 11) is 0. The van der Waals surface area contributed by atoms with Gasteiger partial charge in [0, 0.05) is 18.2 Å². The van der Waals surface area contributed by atoms with Crippen LogP contribution >= 0.6 is 0 Å². The van der Waals surface area contributed by atoms with Crippen LogP contribution in [0.4, 0.5) is 5.69 Å². The second-order valence-electron chi connectivity index (χ2n) is 5.05. The highest BCUT2D eigenvalue weighted by molar-refractivity contribution is 5.95. The third-order valence-electron chi connectivity index (χ3n) is 3.65. The quantitative estimate of drug-likeness (QED) is 0.889. The maximum Gasteiger partial charge on any atom is 0.229 e. The minimum Gasteiger partial charge on any atom is -0.330 e. The molecule has 0 aromatic heterocycles. The molecule has 0 fully saturated rings. The van der Waals surface area contributed by atoms with E-state index in [1.807, 2.05) is 17.9 Å². The highest BCUT2D eigenvalue weighted by atomic mass is 16.2. The number of para-hydroxylation sites is 1. The number of carbonyl (C=O) groups is 1. The molecule has 2 N–H and O–H groups in total. The van der Waals surface area contributed by atoms with Crippen molar-refractivity contribution in [3.8, 4) is 0 Å². The predicted molar refractivity (Wildman–Crippen MR) is 74.6 cm³/mol. The maximum absolute atomic E-state index is 12.5. The first kappa shape index (κ1) is 13.1. The largest absolute Gasteiger partial charge is 0.330 e. The average molecular weight is 246 g/mol. The van der Waals surface area contributed by atoms with Crippen molar-refractivity contribution in [1.82, 2.24) is 0 Å². The molecule has 1 unspecified atom stereocenters. The van der Waals surface area contributed by atoms with E-state index in [-0.39, 0.29) is 11.8 Å². The molecule has 3 heteroatoms. The molecule has 1 aliphatic rings. The smallest absolute Gasteiger partial charge is 0.229 e. The average Bonchev–Trinajstić information content (AvgIpc) is 2.60. The second-order valence-corrected chi connectivity index (χ2v) is 5.05. The number of rotatable bonds is 3. The van der Waals surface area contributed by atoms with E-state index in [4.69, 9.17) is 5.73 Å². The van der Waals surface area contributed by atoms with Crippen molar-refractivity contribution in [1.29, 1.82) is 0 Å². The molecular weight excluding hydrogens is 224 g/mol. The zero-order valence-electron chi connectivity index (χ0n) is 11.1. The third-order valence-corrected chi connectivity index (χ3v) is 3.65. The third kappa shape index (κ3) is 2.72. The summed E-state index contributed by atoms with van der Waals surface area (Å²) in [4.78, 5) is 14.4. The zero-order chi connectivity index (χ0) is 13.0. The molecule has 1 aromatic carbocycles. The van der Waals surface area contributed by atoms with Gasteiger partial charge in [0.05, 0.1) is 0 Å². The van der Waals surface area contributed by atoms with Gasteiger partial charge in [-0.15, -0.1) is 0 Å². The Hall–Kier alpha value is -1.35. The van der Waals surface area contributed by atoms with Gasteiger partial charge in [0.25, 0.3) is 0 Å². The van der Waals surface area contributed by atoms with Gasteiger partial charge < -0.3 is 10.6 Å². The van der Waals surface area contributed by atoms with Crippen LogP contribution in [0.1, 0.15) is 31.7 Å². The SMILES string of the molecule is CC(CCN)C(=O)N1CCCCc2ccccc21. The van der Waals surface area contributed by atoms with Crippen LogP contribution in [0.2, 0.25) is 0 Å². The molecule has 18 heavy (non-hydrogen) atoms. The number of benzene rings is 1. The van der Waals surface area contributed by atoms with Crippen molar-refractivity contribution in [3.05, 3.63) is 29.8 Å². The monoisotopic (exact) mass is 246 g/mol. The van der Waals surface area contributed by atoms with Crippen molar-refractivity contribution in [2.24, 2.45) is 11.7 Å². The van der Waals surface area contributed by atoms with Gasteiger partial charge in [0.2, 0.25) is 5.91 Å². The van der Waals surface area contributed by atoms with Crippen molar-refractivity contribution in [2.45, 2.75) is 32.6 Å².